The van der Waals surface area contributed by atoms with Crippen LogP contribution in [0, 0.1) is 18.3 Å². The summed E-state index contributed by atoms with van der Waals surface area (Å²) in [6.07, 6.45) is 2.63. The monoisotopic (exact) mass is 307 g/mol. The van der Waals surface area contributed by atoms with Crippen LogP contribution in [0.5, 0.6) is 0 Å². The second-order valence-corrected chi connectivity index (χ2v) is 6.49. The Balaban J connectivity index is 2.55. The van der Waals surface area contributed by atoms with Crippen LogP contribution in [0.2, 0.25) is 5.15 Å². The lowest BCUT2D eigenvalue weighted by atomic mass is 10.2. The summed E-state index contributed by atoms with van der Waals surface area (Å²) < 4.78 is 25.0. The topological polar surface area (TPSA) is 83.7 Å². The highest BCUT2D eigenvalue weighted by Gasteiger charge is 2.32. The SMILES string of the molecule is Cc1ccc(S(=O)(=O)[C@@H](C#N)c2nccnc2Cl)cc1. The maximum Gasteiger partial charge on any atom is 0.200 e. The van der Waals surface area contributed by atoms with Crippen molar-refractivity contribution in [1.29, 1.82) is 5.26 Å². The Labute approximate surface area is 121 Å². The number of benzene rings is 1. The van der Waals surface area contributed by atoms with Gasteiger partial charge >= 0.3 is 0 Å². The van der Waals surface area contributed by atoms with Gasteiger partial charge in [-0.15, -0.1) is 0 Å². The molecule has 0 N–H and O–H groups in total. The smallest absolute Gasteiger partial charge is 0.200 e. The molecule has 0 saturated carbocycles. The van der Waals surface area contributed by atoms with E-state index in [2.05, 4.69) is 9.97 Å². The van der Waals surface area contributed by atoms with Crippen molar-refractivity contribution in [2.75, 3.05) is 0 Å². The molecule has 1 aromatic heterocycles. The van der Waals surface area contributed by atoms with Crippen LogP contribution in [-0.4, -0.2) is 18.4 Å². The lowest BCUT2D eigenvalue weighted by Gasteiger charge is -2.11. The highest BCUT2D eigenvalue weighted by Crippen LogP contribution is 2.30. The van der Waals surface area contributed by atoms with Crippen molar-refractivity contribution in [3.8, 4) is 6.07 Å². The summed E-state index contributed by atoms with van der Waals surface area (Å²) in [6, 6.07) is 7.99. The number of nitrogens with zero attached hydrogens (tertiary/aromatic N) is 3. The molecular weight excluding hydrogens is 298 g/mol. The molecule has 102 valence electrons. The van der Waals surface area contributed by atoms with Gasteiger partial charge in [-0.1, -0.05) is 29.3 Å². The van der Waals surface area contributed by atoms with Crippen LogP contribution in [-0.2, 0) is 9.84 Å². The first-order valence-electron chi connectivity index (χ1n) is 5.63. The summed E-state index contributed by atoms with van der Waals surface area (Å²) in [5, 5.41) is 7.63. The Morgan fingerprint density at radius 3 is 2.35 bits per heavy atom. The zero-order valence-corrected chi connectivity index (χ0v) is 12.1. The number of hydrogen-bond donors (Lipinski definition) is 0. The van der Waals surface area contributed by atoms with Gasteiger partial charge in [0.15, 0.2) is 10.4 Å². The van der Waals surface area contributed by atoms with Gasteiger partial charge < -0.3 is 0 Å². The maximum atomic E-state index is 12.5. The number of rotatable bonds is 3. The summed E-state index contributed by atoms with van der Waals surface area (Å²) in [4.78, 5) is 7.67. The third-order valence-electron chi connectivity index (χ3n) is 2.70. The summed E-state index contributed by atoms with van der Waals surface area (Å²) in [6.45, 7) is 1.84. The molecule has 1 aromatic carbocycles. The van der Waals surface area contributed by atoms with Gasteiger partial charge in [-0.25, -0.2) is 13.4 Å². The molecule has 0 aliphatic rings. The third kappa shape index (κ3) is 2.64. The average Bonchev–Trinajstić information content (AvgIpc) is 2.42. The fourth-order valence-electron chi connectivity index (χ4n) is 1.65. The molecule has 0 bridgehead atoms. The molecule has 0 aliphatic heterocycles. The van der Waals surface area contributed by atoms with Crippen LogP contribution in [0.1, 0.15) is 16.5 Å². The molecule has 0 amide bonds. The zero-order valence-electron chi connectivity index (χ0n) is 10.5. The van der Waals surface area contributed by atoms with Crippen molar-refractivity contribution in [3.05, 3.63) is 53.1 Å². The van der Waals surface area contributed by atoms with Gasteiger partial charge in [0.2, 0.25) is 9.84 Å². The molecule has 20 heavy (non-hydrogen) atoms. The minimum atomic E-state index is -3.89. The van der Waals surface area contributed by atoms with E-state index in [0.29, 0.717) is 0 Å². The van der Waals surface area contributed by atoms with E-state index < -0.39 is 15.1 Å². The van der Waals surface area contributed by atoms with Crippen LogP contribution in [0.25, 0.3) is 0 Å². The first-order valence-corrected chi connectivity index (χ1v) is 7.56. The lowest BCUT2D eigenvalue weighted by Crippen LogP contribution is -2.14. The average molecular weight is 308 g/mol. The molecule has 0 fully saturated rings. The molecule has 0 saturated heterocycles. The summed E-state index contributed by atoms with van der Waals surface area (Å²) in [5.74, 6) is 0. The fraction of sp³-hybridized carbons (Fsp3) is 0.154. The molecule has 0 unspecified atom stereocenters. The van der Waals surface area contributed by atoms with Crippen molar-refractivity contribution in [1.82, 2.24) is 9.97 Å². The van der Waals surface area contributed by atoms with E-state index in [4.69, 9.17) is 11.6 Å². The van der Waals surface area contributed by atoms with E-state index in [-0.39, 0.29) is 15.7 Å². The second-order valence-electron chi connectivity index (χ2n) is 4.10. The molecular formula is C13H10ClN3O2S. The number of halogens is 1. The normalized spacial score (nSPS) is 12.7. The van der Waals surface area contributed by atoms with Gasteiger partial charge in [-0.05, 0) is 19.1 Å². The van der Waals surface area contributed by atoms with E-state index >= 15 is 0 Å². The summed E-state index contributed by atoms with van der Waals surface area (Å²) >= 11 is 5.83. The van der Waals surface area contributed by atoms with Crippen molar-refractivity contribution in [3.63, 3.8) is 0 Å². The molecule has 2 aromatic rings. The fourth-order valence-corrected chi connectivity index (χ4v) is 3.32. The van der Waals surface area contributed by atoms with Crippen LogP contribution < -0.4 is 0 Å². The van der Waals surface area contributed by atoms with E-state index in [1.807, 2.05) is 6.92 Å². The van der Waals surface area contributed by atoms with Gasteiger partial charge in [0.25, 0.3) is 0 Å². The van der Waals surface area contributed by atoms with Crippen molar-refractivity contribution in [2.24, 2.45) is 0 Å². The highest BCUT2D eigenvalue weighted by atomic mass is 35.5. The number of nitriles is 1. The van der Waals surface area contributed by atoms with E-state index in [9.17, 15) is 13.7 Å². The largest absolute Gasteiger partial charge is 0.254 e. The summed E-state index contributed by atoms with van der Waals surface area (Å²) in [5.41, 5.74) is 0.868. The minimum absolute atomic E-state index is 0.0522. The first-order chi connectivity index (χ1) is 9.46. The quantitative estimate of drug-likeness (QED) is 0.869. The Morgan fingerprint density at radius 2 is 1.80 bits per heavy atom. The van der Waals surface area contributed by atoms with Gasteiger partial charge in [0.1, 0.15) is 5.69 Å². The second kappa shape index (κ2) is 5.57. The molecule has 0 spiro atoms. The Hall–Kier alpha value is -1.97. The molecule has 1 heterocycles. The lowest BCUT2D eigenvalue weighted by molar-refractivity contribution is 0.590. The molecule has 5 nitrogen and oxygen atoms in total. The third-order valence-corrected chi connectivity index (χ3v) is 4.87. The first kappa shape index (κ1) is 14.4. The minimum Gasteiger partial charge on any atom is -0.254 e. The predicted octanol–water partition coefficient (Wildman–Crippen LogP) is 2.48. The van der Waals surface area contributed by atoms with Crippen LogP contribution in [0.15, 0.2) is 41.6 Å². The van der Waals surface area contributed by atoms with Crippen molar-refractivity contribution < 1.29 is 8.42 Å². The standard InChI is InChI=1S/C13H10ClN3O2S/c1-9-2-4-10(5-3-9)20(18,19)11(8-15)12-13(14)17-7-6-16-12/h2-7,11H,1H3/t11-/m0/s1. The molecule has 0 radical (unpaired) electrons. The van der Waals surface area contributed by atoms with Crippen LogP contribution >= 0.6 is 11.6 Å². The Morgan fingerprint density at radius 1 is 1.20 bits per heavy atom. The molecule has 1 atom stereocenters. The Bertz CT molecular complexity index is 767. The van der Waals surface area contributed by atoms with E-state index in [1.54, 1.807) is 18.2 Å². The molecule has 7 heteroatoms. The van der Waals surface area contributed by atoms with Gasteiger partial charge in [-0.2, -0.15) is 5.26 Å². The highest BCUT2D eigenvalue weighted by molar-refractivity contribution is 7.92. The summed E-state index contributed by atoms with van der Waals surface area (Å²) in [7, 11) is -3.89. The van der Waals surface area contributed by atoms with Gasteiger partial charge in [0.05, 0.1) is 11.0 Å². The molecule has 0 aliphatic carbocycles. The number of hydrogen-bond acceptors (Lipinski definition) is 5. The van der Waals surface area contributed by atoms with Gasteiger partial charge in [-0.3, -0.25) is 4.98 Å². The van der Waals surface area contributed by atoms with Crippen LogP contribution in [0.3, 0.4) is 0 Å². The number of sulfone groups is 1. The van der Waals surface area contributed by atoms with Crippen LogP contribution in [0.4, 0.5) is 0 Å². The Kier molecular flexibility index (Phi) is 4.02. The number of aromatic nitrogens is 2. The van der Waals surface area contributed by atoms with E-state index in [0.717, 1.165) is 5.56 Å². The van der Waals surface area contributed by atoms with Crippen molar-refractivity contribution in [2.45, 2.75) is 17.1 Å². The van der Waals surface area contributed by atoms with Crippen molar-refractivity contribution >= 4 is 21.4 Å². The predicted molar refractivity (Wildman–Crippen MR) is 73.8 cm³/mol. The zero-order chi connectivity index (χ0) is 14.8. The van der Waals surface area contributed by atoms with Gasteiger partial charge in [0, 0.05) is 12.4 Å². The number of aryl methyl sites for hydroxylation is 1. The molecule has 2 rings (SSSR count). The van der Waals surface area contributed by atoms with E-state index in [1.165, 1.54) is 24.5 Å². The maximum absolute atomic E-state index is 12.5.